The van der Waals surface area contributed by atoms with Crippen LogP contribution >= 0.6 is 0 Å². The number of rotatable bonds is 5. The summed E-state index contributed by atoms with van der Waals surface area (Å²) in [5, 5.41) is 22.9. The van der Waals surface area contributed by atoms with Gasteiger partial charge in [0.1, 0.15) is 23.6 Å². The van der Waals surface area contributed by atoms with Crippen LogP contribution in [0.5, 0.6) is 0 Å². The number of aliphatic hydroxyl groups is 1. The fraction of sp³-hybridized carbons (Fsp3) is 0.522. The molecule has 9 heteroatoms. The van der Waals surface area contributed by atoms with E-state index in [4.69, 9.17) is 0 Å². The van der Waals surface area contributed by atoms with Crippen LogP contribution < -0.4 is 5.56 Å². The van der Waals surface area contributed by atoms with Gasteiger partial charge in [-0.05, 0) is 64.3 Å². The number of benzene rings is 1. The van der Waals surface area contributed by atoms with Gasteiger partial charge in [-0.2, -0.15) is 0 Å². The number of likely N-dealkylation sites (tertiary alicyclic amines) is 1. The first-order valence-electron chi connectivity index (χ1n) is 11.1. The number of aryl methyl sites for hydroxylation is 1. The second kappa shape index (κ2) is 9.46. The minimum Gasteiger partial charge on any atom is -0.411 e. The van der Waals surface area contributed by atoms with Crippen molar-refractivity contribution >= 4 is 5.71 Å². The number of oxime groups is 1. The smallest absolute Gasteiger partial charge is 0.257 e. The molecular formula is C23H28F2N4O3. The number of fused-ring (bicyclic) bond motifs is 1. The first-order valence-corrected chi connectivity index (χ1v) is 11.1. The predicted molar refractivity (Wildman–Crippen MR) is 115 cm³/mol. The molecule has 0 aliphatic carbocycles. The third-order valence-electron chi connectivity index (χ3n) is 6.62. The Morgan fingerprint density at radius 1 is 1.22 bits per heavy atom. The van der Waals surface area contributed by atoms with E-state index in [1.54, 1.807) is 4.57 Å². The largest absolute Gasteiger partial charge is 0.411 e. The molecular weight excluding hydrogens is 418 g/mol. The van der Waals surface area contributed by atoms with Crippen molar-refractivity contribution in [3.05, 3.63) is 62.8 Å². The Labute approximate surface area is 185 Å². The molecule has 1 unspecified atom stereocenters. The van der Waals surface area contributed by atoms with Crippen LogP contribution in [0.4, 0.5) is 8.78 Å². The third-order valence-corrected chi connectivity index (χ3v) is 6.62. The lowest BCUT2D eigenvalue weighted by molar-refractivity contribution is 0.129. The number of halogens is 2. The molecule has 2 aromatic rings. The second-order valence-electron chi connectivity index (χ2n) is 8.62. The van der Waals surface area contributed by atoms with Gasteiger partial charge in [0.15, 0.2) is 0 Å². The van der Waals surface area contributed by atoms with E-state index in [0.29, 0.717) is 68.9 Å². The number of piperidine rings is 1. The van der Waals surface area contributed by atoms with Crippen molar-refractivity contribution in [1.29, 1.82) is 0 Å². The van der Waals surface area contributed by atoms with E-state index in [0.717, 1.165) is 18.6 Å². The van der Waals surface area contributed by atoms with Gasteiger partial charge in [0.05, 0.1) is 5.71 Å². The highest BCUT2D eigenvalue weighted by Crippen LogP contribution is 2.25. The fourth-order valence-electron chi connectivity index (χ4n) is 4.80. The highest BCUT2D eigenvalue weighted by atomic mass is 19.1. The van der Waals surface area contributed by atoms with Gasteiger partial charge in [0.25, 0.3) is 5.56 Å². The summed E-state index contributed by atoms with van der Waals surface area (Å²) >= 11 is 0. The standard InChI is InChI=1S/C23H28F2N4O3/c1-14-17(23(31)29-9-2-3-20(30)22(29)26-14)8-12-28-10-6-15(7-11-28)21(27-32)18-5-4-16(24)13-19(18)25/h4-5,13,15,20,30,32H,2-3,6-12H2,1H3. The SMILES string of the molecule is Cc1nc2n(c(=O)c1CCN1CCC(C(=NO)c3ccc(F)cc3F)CC1)CCCC2O. The van der Waals surface area contributed by atoms with Crippen LogP contribution in [-0.4, -0.2) is 50.1 Å². The molecule has 0 spiro atoms. The number of hydrogen-bond acceptors (Lipinski definition) is 6. The Balaban J connectivity index is 1.39. The molecule has 1 aromatic heterocycles. The third kappa shape index (κ3) is 4.45. The van der Waals surface area contributed by atoms with E-state index in [-0.39, 0.29) is 22.8 Å². The van der Waals surface area contributed by atoms with Crippen molar-refractivity contribution in [2.45, 2.75) is 51.7 Å². The minimum atomic E-state index is -0.735. The van der Waals surface area contributed by atoms with E-state index in [9.17, 15) is 23.9 Å². The van der Waals surface area contributed by atoms with E-state index in [1.807, 2.05) is 6.92 Å². The zero-order chi connectivity index (χ0) is 22.8. The van der Waals surface area contributed by atoms with Crippen LogP contribution in [0.2, 0.25) is 0 Å². The molecule has 0 saturated carbocycles. The molecule has 0 radical (unpaired) electrons. The number of aliphatic hydroxyl groups excluding tert-OH is 1. The average molecular weight is 446 g/mol. The van der Waals surface area contributed by atoms with Crippen LogP contribution in [0.25, 0.3) is 0 Å². The monoisotopic (exact) mass is 446 g/mol. The highest BCUT2D eigenvalue weighted by molar-refractivity contribution is 6.02. The fourth-order valence-corrected chi connectivity index (χ4v) is 4.80. The lowest BCUT2D eigenvalue weighted by atomic mass is 9.88. The lowest BCUT2D eigenvalue weighted by Crippen LogP contribution is -2.39. The summed E-state index contributed by atoms with van der Waals surface area (Å²) in [6, 6.07) is 3.26. The van der Waals surface area contributed by atoms with E-state index >= 15 is 0 Å². The topological polar surface area (TPSA) is 91.0 Å². The summed E-state index contributed by atoms with van der Waals surface area (Å²) < 4.78 is 29.0. The molecule has 172 valence electrons. The Hall–Kier alpha value is -2.65. The van der Waals surface area contributed by atoms with E-state index in [1.165, 1.54) is 6.07 Å². The molecule has 0 bridgehead atoms. The molecule has 3 heterocycles. The van der Waals surface area contributed by atoms with Crippen molar-refractivity contribution in [3.8, 4) is 0 Å². The second-order valence-corrected chi connectivity index (χ2v) is 8.62. The van der Waals surface area contributed by atoms with Gasteiger partial charge in [-0.25, -0.2) is 13.8 Å². The van der Waals surface area contributed by atoms with E-state index in [2.05, 4.69) is 15.0 Å². The molecule has 2 aliphatic rings. The quantitative estimate of drug-likeness (QED) is 0.419. The summed E-state index contributed by atoms with van der Waals surface area (Å²) in [5.41, 5.74) is 1.64. The zero-order valence-electron chi connectivity index (χ0n) is 18.1. The van der Waals surface area contributed by atoms with Crippen molar-refractivity contribution in [2.24, 2.45) is 11.1 Å². The first kappa shape index (κ1) is 22.5. The highest BCUT2D eigenvalue weighted by Gasteiger charge is 2.28. The predicted octanol–water partition coefficient (Wildman–Crippen LogP) is 2.79. The summed E-state index contributed by atoms with van der Waals surface area (Å²) in [6.45, 7) is 4.50. The van der Waals surface area contributed by atoms with Gasteiger partial charge < -0.3 is 15.2 Å². The normalized spacial score (nSPS) is 20.4. The molecule has 1 fully saturated rings. The number of nitrogens with zero attached hydrogens (tertiary/aromatic N) is 4. The summed E-state index contributed by atoms with van der Waals surface area (Å²) in [5.74, 6) is -1.07. The molecule has 1 aromatic carbocycles. The summed E-state index contributed by atoms with van der Waals surface area (Å²) in [7, 11) is 0. The van der Waals surface area contributed by atoms with Crippen LogP contribution in [0, 0.1) is 24.5 Å². The van der Waals surface area contributed by atoms with Gasteiger partial charge in [-0.3, -0.25) is 9.36 Å². The Bertz CT molecular complexity index is 1080. The number of hydrogen-bond donors (Lipinski definition) is 2. The zero-order valence-corrected chi connectivity index (χ0v) is 18.1. The van der Waals surface area contributed by atoms with Gasteiger partial charge in [0.2, 0.25) is 0 Å². The molecule has 0 amide bonds. The molecule has 4 rings (SSSR count). The van der Waals surface area contributed by atoms with Gasteiger partial charge >= 0.3 is 0 Å². The maximum Gasteiger partial charge on any atom is 0.257 e. The molecule has 1 atom stereocenters. The molecule has 7 nitrogen and oxygen atoms in total. The van der Waals surface area contributed by atoms with Crippen molar-refractivity contribution in [3.63, 3.8) is 0 Å². The van der Waals surface area contributed by atoms with Crippen molar-refractivity contribution in [1.82, 2.24) is 14.5 Å². The number of aromatic nitrogens is 2. The van der Waals surface area contributed by atoms with Crippen LogP contribution in [0.15, 0.2) is 28.1 Å². The Kier molecular flexibility index (Phi) is 6.66. The van der Waals surface area contributed by atoms with Crippen molar-refractivity contribution in [2.75, 3.05) is 19.6 Å². The molecule has 32 heavy (non-hydrogen) atoms. The van der Waals surface area contributed by atoms with Gasteiger partial charge in [0, 0.05) is 41.9 Å². The van der Waals surface area contributed by atoms with Crippen LogP contribution in [0.1, 0.15) is 54.4 Å². The molecule has 2 N–H and O–H groups in total. The van der Waals surface area contributed by atoms with Gasteiger partial charge in [-0.15, -0.1) is 0 Å². The maximum absolute atomic E-state index is 14.2. The summed E-state index contributed by atoms with van der Waals surface area (Å²) in [6.07, 6.45) is 2.60. The Morgan fingerprint density at radius 3 is 2.66 bits per heavy atom. The van der Waals surface area contributed by atoms with Crippen molar-refractivity contribution < 1.29 is 19.1 Å². The van der Waals surface area contributed by atoms with E-state index < -0.39 is 17.7 Å². The van der Waals surface area contributed by atoms with Crippen LogP contribution in [0.3, 0.4) is 0 Å². The molecule has 1 saturated heterocycles. The van der Waals surface area contributed by atoms with Crippen LogP contribution in [-0.2, 0) is 13.0 Å². The lowest BCUT2D eigenvalue weighted by Gasteiger charge is -2.32. The average Bonchev–Trinajstić information content (AvgIpc) is 2.77. The molecule has 2 aliphatic heterocycles. The minimum absolute atomic E-state index is 0.0670. The summed E-state index contributed by atoms with van der Waals surface area (Å²) in [4.78, 5) is 19.7. The maximum atomic E-state index is 14.2. The first-order chi connectivity index (χ1) is 15.4. The van der Waals surface area contributed by atoms with Gasteiger partial charge in [-0.1, -0.05) is 5.16 Å². The Morgan fingerprint density at radius 2 is 1.97 bits per heavy atom.